The summed E-state index contributed by atoms with van der Waals surface area (Å²) in [4.78, 5) is 14.9. The number of carbonyl (C=O) groups excluding carboxylic acids is 1. The Morgan fingerprint density at radius 3 is 2.78 bits per heavy atom. The number of benzene rings is 1. The molecule has 3 saturated heterocycles. The molecule has 0 saturated carbocycles. The van der Waals surface area contributed by atoms with Gasteiger partial charge in [-0.05, 0) is 49.5 Å². The summed E-state index contributed by atoms with van der Waals surface area (Å²) in [5, 5.41) is 8.01. The Balaban J connectivity index is 1.47. The van der Waals surface area contributed by atoms with Gasteiger partial charge in [0.1, 0.15) is 0 Å². The lowest BCUT2D eigenvalue weighted by atomic mass is 9.84. The first-order valence-corrected chi connectivity index (χ1v) is 8.41. The van der Waals surface area contributed by atoms with Gasteiger partial charge >= 0.3 is 6.03 Å². The maximum absolute atomic E-state index is 12.4. The summed E-state index contributed by atoms with van der Waals surface area (Å²) in [7, 11) is 0. The van der Waals surface area contributed by atoms with Crippen LogP contribution in [-0.2, 0) is 0 Å². The molecule has 2 aromatic rings. The van der Waals surface area contributed by atoms with Gasteiger partial charge in [0.25, 0.3) is 0 Å². The molecule has 1 amide bonds. The van der Waals surface area contributed by atoms with Gasteiger partial charge < -0.3 is 10.2 Å². The van der Waals surface area contributed by atoms with E-state index in [-0.39, 0.29) is 12.1 Å². The molecule has 1 N–H and O–H groups in total. The Labute approximate surface area is 140 Å². The van der Waals surface area contributed by atoms with Crippen molar-refractivity contribution in [2.45, 2.75) is 18.9 Å². The van der Waals surface area contributed by atoms with Crippen LogP contribution in [0.3, 0.4) is 0 Å². The fraction of sp³-hybridized carbons (Fsp3) is 0.412. The van der Waals surface area contributed by atoms with Gasteiger partial charge in [0, 0.05) is 29.4 Å². The molecule has 3 aliphatic heterocycles. The van der Waals surface area contributed by atoms with E-state index in [1.54, 1.807) is 12.4 Å². The van der Waals surface area contributed by atoms with E-state index in [9.17, 15) is 4.79 Å². The molecule has 120 valence electrons. The number of amides is 1. The van der Waals surface area contributed by atoms with E-state index in [2.05, 4.69) is 15.3 Å². The second-order valence-corrected chi connectivity index (χ2v) is 6.81. The van der Waals surface area contributed by atoms with Crippen LogP contribution in [0, 0.1) is 5.92 Å². The maximum Gasteiger partial charge on any atom is 0.342 e. The van der Waals surface area contributed by atoms with Crippen molar-refractivity contribution in [3.63, 3.8) is 0 Å². The Bertz CT molecular complexity index is 721. The van der Waals surface area contributed by atoms with Crippen LogP contribution in [0.5, 0.6) is 0 Å². The number of rotatable bonds is 2. The summed E-state index contributed by atoms with van der Waals surface area (Å²) in [6.45, 7) is 3.29. The summed E-state index contributed by atoms with van der Waals surface area (Å²) in [5.41, 5.74) is 1.84. The third kappa shape index (κ3) is 2.99. The summed E-state index contributed by atoms with van der Waals surface area (Å²) in [6.07, 6.45) is 5.81. The molecule has 4 heterocycles. The molecule has 1 atom stereocenters. The molecule has 1 aromatic heterocycles. The second kappa shape index (κ2) is 5.98. The number of hydrogen-bond donors (Lipinski definition) is 1. The lowest BCUT2D eigenvalue weighted by Crippen LogP contribution is -2.57. The molecule has 0 radical (unpaired) electrons. The third-order valence-corrected chi connectivity index (χ3v) is 5.15. The quantitative estimate of drug-likeness (QED) is 0.921. The summed E-state index contributed by atoms with van der Waals surface area (Å²) >= 11 is 6.02. The SMILES string of the molecule is O=C(N[C@H]1CN2CCC1CC2)n1cc(-c2cccc(Cl)c2)cn1. The first-order chi connectivity index (χ1) is 11.2. The van der Waals surface area contributed by atoms with Crippen LogP contribution in [0.4, 0.5) is 4.79 Å². The number of fused-ring (bicyclic) bond motifs is 3. The van der Waals surface area contributed by atoms with Crippen LogP contribution >= 0.6 is 11.6 Å². The van der Waals surface area contributed by atoms with Crippen molar-refractivity contribution in [2.75, 3.05) is 19.6 Å². The molecular formula is C17H19ClN4O. The predicted molar refractivity (Wildman–Crippen MR) is 89.6 cm³/mol. The van der Waals surface area contributed by atoms with Crippen molar-refractivity contribution in [1.29, 1.82) is 0 Å². The van der Waals surface area contributed by atoms with E-state index in [1.165, 1.54) is 17.5 Å². The molecular weight excluding hydrogens is 312 g/mol. The highest BCUT2D eigenvalue weighted by Crippen LogP contribution is 2.27. The largest absolute Gasteiger partial charge is 0.342 e. The third-order valence-electron chi connectivity index (χ3n) is 4.91. The molecule has 5 rings (SSSR count). The molecule has 2 bridgehead atoms. The minimum absolute atomic E-state index is 0.156. The van der Waals surface area contributed by atoms with Gasteiger partial charge in [-0.3, -0.25) is 0 Å². The van der Waals surface area contributed by atoms with Crippen LogP contribution in [-0.4, -0.2) is 46.4 Å². The smallest absolute Gasteiger partial charge is 0.332 e. The summed E-state index contributed by atoms with van der Waals surface area (Å²) in [6, 6.07) is 7.63. The van der Waals surface area contributed by atoms with Gasteiger partial charge in [0.15, 0.2) is 0 Å². The number of halogens is 1. The normalized spacial score (nSPS) is 26.2. The van der Waals surface area contributed by atoms with Gasteiger partial charge in [-0.1, -0.05) is 23.7 Å². The van der Waals surface area contributed by atoms with Gasteiger partial charge in [-0.15, -0.1) is 0 Å². The highest BCUT2D eigenvalue weighted by molar-refractivity contribution is 6.30. The molecule has 6 heteroatoms. The summed E-state index contributed by atoms with van der Waals surface area (Å²) in [5.74, 6) is 0.604. The van der Waals surface area contributed by atoms with Gasteiger partial charge in [0.05, 0.1) is 6.20 Å². The highest BCUT2D eigenvalue weighted by Gasteiger charge is 2.35. The molecule has 3 fully saturated rings. The van der Waals surface area contributed by atoms with Gasteiger partial charge in [-0.25, -0.2) is 4.79 Å². The number of aromatic nitrogens is 2. The van der Waals surface area contributed by atoms with Gasteiger partial charge in [-0.2, -0.15) is 9.78 Å². The average molecular weight is 331 g/mol. The molecule has 5 nitrogen and oxygen atoms in total. The molecule has 0 aliphatic carbocycles. The number of carbonyl (C=O) groups is 1. The topological polar surface area (TPSA) is 50.2 Å². The Morgan fingerprint density at radius 1 is 1.26 bits per heavy atom. The standard InChI is InChI=1S/C17H19ClN4O/c18-15-3-1-2-13(8-15)14-9-19-22(10-14)17(23)20-16-11-21-6-4-12(16)5-7-21/h1-3,8-10,12,16H,4-7,11H2,(H,20,23)/t16-/m0/s1. The first kappa shape index (κ1) is 14.7. The minimum atomic E-state index is -0.156. The Kier molecular flexibility index (Phi) is 3.83. The fourth-order valence-electron chi connectivity index (χ4n) is 3.60. The zero-order valence-electron chi connectivity index (χ0n) is 12.8. The second-order valence-electron chi connectivity index (χ2n) is 6.38. The Morgan fingerprint density at radius 2 is 2.09 bits per heavy atom. The van der Waals surface area contributed by atoms with E-state index in [1.807, 2.05) is 24.3 Å². The van der Waals surface area contributed by atoms with Crippen LogP contribution in [0.15, 0.2) is 36.7 Å². The van der Waals surface area contributed by atoms with E-state index >= 15 is 0 Å². The van der Waals surface area contributed by atoms with Crippen LogP contribution in [0.2, 0.25) is 5.02 Å². The molecule has 0 unspecified atom stereocenters. The predicted octanol–water partition coefficient (Wildman–Crippen LogP) is 2.86. The van der Waals surface area contributed by atoms with Crippen molar-refractivity contribution >= 4 is 17.6 Å². The lowest BCUT2D eigenvalue weighted by molar-refractivity contribution is 0.0765. The molecule has 0 spiro atoms. The summed E-state index contributed by atoms with van der Waals surface area (Å²) < 4.78 is 1.38. The number of piperidine rings is 3. The monoisotopic (exact) mass is 330 g/mol. The highest BCUT2D eigenvalue weighted by atomic mass is 35.5. The van der Waals surface area contributed by atoms with Crippen LogP contribution in [0.25, 0.3) is 11.1 Å². The van der Waals surface area contributed by atoms with E-state index in [4.69, 9.17) is 11.6 Å². The molecule has 3 aliphatic rings. The number of nitrogens with zero attached hydrogens (tertiary/aromatic N) is 3. The van der Waals surface area contributed by atoms with E-state index in [0.717, 1.165) is 30.8 Å². The zero-order chi connectivity index (χ0) is 15.8. The van der Waals surface area contributed by atoms with Crippen LogP contribution < -0.4 is 5.32 Å². The average Bonchev–Trinajstić information content (AvgIpc) is 3.06. The molecule has 1 aromatic carbocycles. The molecule has 23 heavy (non-hydrogen) atoms. The fourth-order valence-corrected chi connectivity index (χ4v) is 3.79. The van der Waals surface area contributed by atoms with Crippen molar-refractivity contribution in [2.24, 2.45) is 5.92 Å². The van der Waals surface area contributed by atoms with Crippen molar-refractivity contribution < 1.29 is 4.79 Å². The van der Waals surface area contributed by atoms with Crippen molar-refractivity contribution in [1.82, 2.24) is 20.0 Å². The van der Waals surface area contributed by atoms with E-state index in [0.29, 0.717) is 10.9 Å². The van der Waals surface area contributed by atoms with Crippen molar-refractivity contribution in [3.8, 4) is 11.1 Å². The van der Waals surface area contributed by atoms with E-state index < -0.39 is 0 Å². The van der Waals surface area contributed by atoms with Gasteiger partial charge in [0.2, 0.25) is 0 Å². The van der Waals surface area contributed by atoms with Crippen LogP contribution in [0.1, 0.15) is 12.8 Å². The number of hydrogen-bond acceptors (Lipinski definition) is 3. The maximum atomic E-state index is 12.4. The number of nitrogens with one attached hydrogen (secondary N) is 1. The lowest BCUT2D eigenvalue weighted by Gasteiger charge is -2.44. The Hall–Kier alpha value is -1.85. The van der Waals surface area contributed by atoms with Crippen molar-refractivity contribution in [3.05, 3.63) is 41.7 Å². The first-order valence-electron chi connectivity index (χ1n) is 8.03. The zero-order valence-corrected chi connectivity index (χ0v) is 13.5. The minimum Gasteiger partial charge on any atom is -0.332 e.